The van der Waals surface area contributed by atoms with Crippen molar-refractivity contribution in [2.75, 3.05) is 6.61 Å². The summed E-state index contributed by atoms with van der Waals surface area (Å²) < 4.78 is 4.72. The lowest BCUT2D eigenvalue weighted by Crippen LogP contribution is -2.01. The van der Waals surface area contributed by atoms with E-state index in [1.807, 2.05) is 0 Å². The van der Waals surface area contributed by atoms with Gasteiger partial charge >= 0.3 is 5.97 Å². The van der Waals surface area contributed by atoms with Crippen LogP contribution in [0.2, 0.25) is 5.15 Å². The fourth-order valence-electron chi connectivity index (χ4n) is 0.903. The monoisotopic (exact) mass is 223 g/mol. The van der Waals surface area contributed by atoms with Gasteiger partial charge in [0, 0.05) is 6.20 Å². The summed E-state index contributed by atoms with van der Waals surface area (Å²) in [5.74, 6) is 5.11. The minimum Gasteiger partial charge on any atom is -0.465 e. The van der Waals surface area contributed by atoms with E-state index in [-0.39, 0.29) is 12.4 Å². The SMILES string of the molecule is CCOC(=O)CC#Cc1cccnc1Cl. The van der Waals surface area contributed by atoms with Gasteiger partial charge in [-0.1, -0.05) is 23.4 Å². The molecule has 0 aliphatic heterocycles. The number of hydrogen-bond acceptors (Lipinski definition) is 3. The first-order valence-electron chi connectivity index (χ1n) is 4.49. The predicted molar refractivity (Wildman–Crippen MR) is 57.4 cm³/mol. The number of esters is 1. The van der Waals surface area contributed by atoms with E-state index in [1.54, 1.807) is 25.3 Å². The van der Waals surface area contributed by atoms with Crippen LogP contribution in [0.1, 0.15) is 18.9 Å². The first-order chi connectivity index (χ1) is 7.24. The molecule has 0 fully saturated rings. The summed E-state index contributed by atoms with van der Waals surface area (Å²) in [5.41, 5.74) is 0.614. The molecule has 0 saturated carbocycles. The van der Waals surface area contributed by atoms with Gasteiger partial charge in [0.15, 0.2) is 0 Å². The Morgan fingerprint density at radius 2 is 2.47 bits per heavy atom. The van der Waals surface area contributed by atoms with Crippen molar-refractivity contribution in [1.29, 1.82) is 0 Å². The average molecular weight is 224 g/mol. The van der Waals surface area contributed by atoms with Crippen LogP contribution in [0.25, 0.3) is 0 Å². The van der Waals surface area contributed by atoms with Gasteiger partial charge < -0.3 is 4.74 Å². The van der Waals surface area contributed by atoms with Crippen molar-refractivity contribution >= 4 is 17.6 Å². The maximum absolute atomic E-state index is 10.9. The smallest absolute Gasteiger partial charge is 0.317 e. The third kappa shape index (κ3) is 4.01. The molecule has 1 aromatic rings. The molecule has 0 aromatic carbocycles. The predicted octanol–water partition coefficient (Wildman–Crippen LogP) is 2.04. The van der Waals surface area contributed by atoms with Crippen LogP contribution in [0, 0.1) is 11.8 Å². The first kappa shape index (κ1) is 11.5. The van der Waals surface area contributed by atoms with E-state index in [2.05, 4.69) is 16.8 Å². The fourth-order valence-corrected chi connectivity index (χ4v) is 1.07. The molecule has 0 aliphatic rings. The Kier molecular flexibility index (Phi) is 4.65. The van der Waals surface area contributed by atoms with Gasteiger partial charge in [-0.15, -0.1) is 0 Å². The second kappa shape index (κ2) is 6.05. The molecule has 0 saturated heterocycles. The van der Waals surface area contributed by atoms with Crippen molar-refractivity contribution in [2.24, 2.45) is 0 Å². The second-order valence-corrected chi connectivity index (χ2v) is 2.98. The highest BCUT2D eigenvalue weighted by atomic mass is 35.5. The Bertz CT molecular complexity index is 407. The third-order valence-electron chi connectivity index (χ3n) is 1.52. The van der Waals surface area contributed by atoms with Gasteiger partial charge in [0.1, 0.15) is 11.6 Å². The van der Waals surface area contributed by atoms with Crippen molar-refractivity contribution in [3.63, 3.8) is 0 Å². The number of nitrogens with zero attached hydrogens (tertiary/aromatic N) is 1. The molecular weight excluding hydrogens is 214 g/mol. The molecule has 0 bridgehead atoms. The maximum Gasteiger partial charge on any atom is 0.317 e. The van der Waals surface area contributed by atoms with Crippen molar-refractivity contribution in [2.45, 2.75) is 13.3 Å². The Hall–Kier alpha value is -1.53. The second-order valence-electron chi connectivity index (χ2n) is 2.63. The number of halogens is 1. The molecule has 1 aromatic heterocycles. The topological polar surface area (TPSA) is 39.2 Å². The summed E-state index contributed by atoms with van der Waals surface area (Å²) in [6.07, 6.45) is 1.65. The Labute approximate surface area is 93.4 Å². The standard InChI is InChI=1S/C11H10ClNO2/c1-2-15-10(14)7-3-5-9-6-4-8-13-11(9)12/h4,6,8H,2,7H2,1H3. The normalized spacial score (nSPS) is 8.93. The Morgan fingerprint density at radius 3 is 3.13 bits per heavy atom. The molecular formula is C11H10ClNO2. The molecule has 15 heavy (non-hydrogen) atoms. The largest absolute Gasteiger partial charge is 0.465 e. The van der Waals surface area contributed by atoms with Gasteiger partial charge in [-0.05, 0) is 19.1 Å². The number of hydrogen-bond donors (Lipinski definition) is 0. The van der Waals surface area contributed by atoms with Crippen molar-refractivity contribution in [3.8, 4) is 11.8 Å². The van der Waals surface area contributed by atoms with Crippen LogP contribution in [0.4, 0.5) is 0 Å². The molecule has 0 spiro atoms. The number of ether oxygens (including phenoxy) is 1. The molecule has 0 radical (unpaired) electrons. The summed E-state index contributed by atoms with van der Waals surface area (Å²) >= 11 is 5.77. The summed E-state index contributed by atoms with van der Waals surface area (Å²) in [5, 5.41) is 0.342. The molecule has 0 amide bonds. The van der Waals surface area contributed by atoms with E-state index in [9.17, 15) is 4.79 Å². The molecule has 0 N–H and O–H groups in total. The van der Waals surface area contributed by atoms with Crippen molar-refractivity contribution in [1.82, 2.24) is 4.98 Å². The van der Waals surface area contributed by atoms with Gasteiger partial charge in [-0.25, -0.2) is 4.98 Å². The van der Waals surface area contributed by atoms with Crippen LogP contribution in [-0.2, 0) is 9.53 Å². The number of pyridine rings is 1. The van der Waals surface area contributed by atoms with E-state index < -0.39 is 0 Å². The van der Waals surface area contributed by atoms with E-state index in [0.717, 1.165) is 0 Å². The van der Waals surface area contributed by atoms with Gasteiger partial charge in [-0.2, -0.15) is 0 Å². The molecule has 1 heterocycles. The Balaban J connectivity index is 2.59. The molecule has 1 rings (SSSR count). The summed E-state index contributed by atoms with van der Waals surface area (Å²) in [6.45, 7) is 2.12. The molecule has 4 heteroatoms. The van der Waals surface area contributed by atoms with Crippen LogP contribution in [0.5, 0.6) is 0 Å². The highest BCUT2D eigenvalue weighted by Crippen LogP contribution is 2.09. The number of carbonyl (C=O) groups is 1. The Morgan fingerprint density at radius 1 is 1.67 bits per heavy atom. The van der Waals surface area contributed by atoms with E-state index in [1.165, 1.54) is 0 Å². The lowest BCUT2D eigenvalue weighted by Gasteiger charge is -1.95. The summed E-state index contributed by atoms with van der Waals surface area (Å²) in [6, 6.07) is 3.48. The molecule has 0 unspecified atom stereocenters. The lowest BCUT2D eigenvalue weighted by molar-refractivity contribution is -0.141. The maximum atomic E-state index is 10.9. The van der Waals surface area contributed by atoms with Gasteiger partial charge in [0.05, 0.1) is 12.2 Å². The highest BCUT2D eigenvalue weighted by molar-refractivity contribution is 6.30. The lowest BCUT2D eigenvalue weighted by atomic mass is 10.3. The minimum absolute atomic E-state index is 0.0685. The molecule has 0 atom stereocenters. The first-order valence-corrected chi connectivity index (χ1v) is 4.87. The average Bonchev–Trinajstić information content (AvgIpc) is 2.21. The van der Waals surface area contributed by atoms with Gasteiger partial charge in [-0.3, -0.25) is 4.79 Å². The van der Waals surface area contributed by atoms with Crippen LogP contribution in [-0.4, -0.2) is 17.6 Å². The van der Waals surface area contributed by atoms with Gasteiger partial charge in [0.25, 0.3) is 0 Å². The zero-order valence-corrected chi connectivity index (χ0v) is 9.04. The zero-order valence-electron chi connectivity index (χ0n) is 8.29. The minimum atomic E-state index is -0.329. The van der Waals surface area contributed by atoms with E-state index in [4.69, 9.17) is 16.3 Å². The molecule has 3 nitrogen and oxygen atoms in total. The fraction of sp³-hybridized carbons (Fsp3) is 0.273. The molecule has 78 valence electrons. The number of carbonyl (C=O) groups excluding carboxylic acids is 1. The van der Waals surface area contributed by atoms with E-state index in [0.29, 0.717) is 17.3 Å². The van der Waals surface area contributed by atoms with E-state index >= 15 is 0 Å². The summed E-state index contributed by atoms with van der Waals surface area (Å²) in [4.78, 5) is 14.8. The number of rotatable bonds is 2. The highest BCUT2D eigenvalue weighted by Gasteiger charge is 1.97. The van der Waals surface area contributed by atoms with Crippen LogP contribution >= 0.6 is 11.6 Å². The van der Waals surface area contributed by atoms with Crippen molar-refractivity contribution in [3.05, 3.63) is 29.0 Å². The third-order valence-corrected chi connectivity index (χ3v) is 1.82. The molecule has 0 aliphatic carbocycles. The van der Waals surface area contributed by atoms with Crippen LogP contribution in [0.3, 0.4) is 0 Å². The van der Waals surface area contributed by atoms with Gasteiger partial charge in [0.2, 0.25) is 0 Å². The van der Waals surface area contributed by atoms with Crippen molar-refractivity contribution < 1.29 is 9.53 Å². The summed E-state index contributed by atoms with van der Waals surface area (Å²) in [7, 11) is 0. The quantitative estimate of drug-likeness (QED) is 0.438. The zero-order chi connectivity index (χ0) is 11.1. The van der Waals surface area contributed by atoms with Crippen LogP contribution in [0.15, 0.2) is 18.3 Å². The number of aromatic nitrogens is 1. The van der Waals surface area contributed by atoms with Crippen LogP contribution < -0.4 is 0 Å².